The molecular weight excluding hydrogens is 960 g/mol. The van der Waals surface area contributed by atoms with Gasteiger partial charge in [0.05, 0.1) is 70.1 Å². The summed E-state index contributed by atoms with van der Waals surface area (Å²) in [6.07, 6.45) is 0. The van der Waals surface area contributed by atoms with Gasteiger partial charge in [0.1, 0.15) is 23.0 Å². The minimum atomic E-state index is -4.22. The summed E-state index contributed by atoms with van der Waals surface area (Å²) < 4.78 is 76.0. The number of nitrogen functional groups attached to an aromatic ring is 1. The number of nitrogens with one attached hydrogen (secondary N) is 3. The second-order valence-electron chi connectivity index (χ2n) is 13.9. The fourth-order valence-electron chi connectivity index (χ4n) is 5.95. The van der Waals surface area contributed by atoms with Crippen LogP contribution < -0.4 is 39.4 Å². The van der Waals surface area contributed by atoms with Crippen LogP contribution in [0, 0.1) is 20.2 Å². The number of aromatic nitrogens is 4. The molecule has 0 aliphatic carbocycles. The van der Waals surface area contributed by atoms with Crippen LogP contribution in [0.4, 0.5) is 40.2 Å². The lowest BCUT2D eigenvalue weighted by atomic mass is 10.2. The Kier molecular flexibility index (Phi) is 15.7. The number of fused-ring (bicyclic) bond motifs is 2. The third-order valence-electron chi connectivity index (χ3n) is 9.23. The van der Waals surface area contributed by atoms with Gasteiger partial charge in [-0.1, -0.05) is 48.0 Å². The van der Waals surface area contributed by atoms with Crippen molar-refractivity contribution in [3.05, 3.63) is 159 Å². The number of non-ortho nitro benzene ring substituents is 2. The molecule has 22 nitrogen and oxygen atoms in total. The van der Waals surface area contributed by atoms with Crippen molar-refractivity contribution in [1.29, 1.82) is 0 Å². The van der Waals surface area contributed by atoms with Crippen molar-refractivity contribution in [3.8, 4) is 23.0 Å². The van der Waals surface area contributed by atoms with Crippen molar-refractivity contribution in [1.82, 2.24) is 19.9 Å². The van der Waals surface area contributed by atoms with E-state index < -0.39 is 29.9 Å². The smallest absolute Gasteiger partial charge is 0.270 e. The van der Waals surface area contributed by atoms with Gasteiger partial charge in [-0.3, -0.25) is 29.7 Å². The number of anilines is 5. The molecule has 0 atom stereocenters. The fourth-order valence-corrected chi connectivity index (χ4v) is 8.28. The van der Waals surface area contributed by atoms with Gasteiger partial charge in [-0.15, -0.1) is 0 Å². The van der Waals surface area contributed by atoms with Gasteiger partial charge < -0.3 is 30.0 Å². The monoisotopic (exact) mass is 998 g/mol. The molecule has 0 saturated carbocycles. The van der Waals surface area contributed by atoms with E-state index in [1.807, 2.05) is 0 Å². The average molecular weight is 999 g/mol. The Balaban J connectivity index is 0.000000193. The summed E-state index contributed by atoms with van der Waals surface area (Å²) in [6.45, 7) is 0. The highest BCUT2D eigenvalue weighted by Crippen LogP contribution is 2.32. The lowest BCUT2D eigenvalue weighted by Crippen LogP contribution is -2.16. The van der Waals surface area contributed by atoms with Crippen LogP contribution >= 0.6 is 11.6 Å². The van der Waals surface area contributed by atoms with Gasteiger partial charge >= 0.3 is 0 Å². The number of benzene rings is 6. The van der Waals surface area contributed by atoms with Crippen molar-refractivity contribution >= 4 is 93.9 Å². The van der Waals surface area contributed by atoms with Crippen molar-refractivity contribution < 1.29 is 45.6 Å². The maximum absolute atomic E-state index is 13.0. The SMILES string of the molecule is COc1cc(N)cc(OC)c1.COc1cc(Nc2nc3ccccc3nc2NS(=O)(=O)c2cccc([N+](=O)[O-])c2)cc(OC)c1.O=[N+]([O-])c1cccc(S(=O)(=O)Nc2nc3ccccc3nc2Cl)c1. The number of halogens is 1. The lowest BCUT2D eigenvalue weighted by molar-refractivity contribution is -0.385. The van der Waals surface area contributed by atoms with E-state index in [0.717, 1.165) is 12.1 Å². The van der Waals surface area contributed by atoms with Crippen LogP contribution in [0.2, 0.25) is 5.15 Å². The number of sulfonamides is 2. The number of ether oxygens (including phenoxy) is 4. The minimum absolute atomic E-state index is 0.0907. The maximum Gasteiger partial charge on any atom is 0.270 e. The standard InChI is InChI=1S/C22H19N5O6S.C14H9ClN4O4S.C8H11NO2/c1-32-16-10-14(11-17(13-16)33-2)23-21-22(25-20-9-4-3-8-19(20)24-21)26-34(30,31)18-7-5-6-15(12-18)27(28)29;15-13-14(17-12-7-2-1-6-11(12)16-13)18-24(22,23)10-5-3-4-9(8-10)19(20)21;1-10-7-3-6(9)4-8(5-7)11-2/h3-13H,1-2H3,(H,23,24)(H,25,26);1-8H,(H,17,18);3-5H,9H2,1-2H3. The number of nitrogens with zero attached hydrogens (tertiary/aromatic N) is 6. The van der Waals surface area contributed by atoms with Crippen LogP contribution in [-0.4, -0.2) is 75.1 Å². The van der Waals surface area contributed by atoms with E-state index in [1.54, 1.807) is 99.1 Å². The highest BCUT2D eigenvalue weighted by molar-refractivity contribution is 7.93. The highest BCUT2D eigenvalue weighted by atomic mass is 35.5. The third kappa shape index (κ3) is 12.8. The van der Waals surface area contributed by atoms with E-state index >= 15 is 0 Å². The van der Waals surface area contributed by atoms with Crippen LogP contribution in [0.5, 0.6) is 23.0 Å². The molecule has 0 fully saturated rings. The van der Waals surface area contributed by atoms with Gasteiger partial charge in [-0.05, 0) is 36.4 Å². The molecule has 0 spiro atoms. The largest absolute Gasteiger partial charge is 0.497 e. The molecule has 2 heterocycles. The molecule has 25 heteroatoms. The zero-order chi connectivity index (χ0) is 49.9. The molecule has 0 unspecified atom stereocenters. The summed E-state index contributed by atoms with van der Waals surface area (Å²) in [5.74, 6) is 2.31. The van der Waals surface area contributed by atoms with Gasteiger partial charge in [-0.25, -0.2) is 36.8 Å². The Morgan fingerprint density at radius 2 is 0.884 bits per heavy atom. The van der Waals surface area contributed by atoms with E-state index in [2.05, 4.69) is 34.7 Å². The van der Waals surface area contributed by atoms with Crippen LogP contribution in [0.1, 0.15) is 0 Å². The van der Waals surface area contributed by atoms with Crippen molar-refractivity contribution in [2.24, 2.45) is 0 Å². The van der Waals surface area contributed by atoms with E-state index in [4.69, 9.17) is 36.3 Å². The topological polar surface area (TPSA) is 305 Å². The molecule has 5 N–H and O–H groups in total. The van der Waals surface area contributed by atoms with Gasteiger partial charge in [0.25, 0.3) is 31.4 Å². The average Bonchev–Trinajstić information content (AvgIpc) is 3.34. The van der Waals surface area contributed by atoms with Gasteiger partial charge in [-0.2, -0.15) is 0 Å². The molecule has 0 bridgehead atoms. The molecule has 2 aromatic heterocycles. The first-order valence-electron chi connectivity index (χ1n) is 19.6. The zero-order valence-corrected chi connectivity index (χ0v) is 38.9. The Labute approximate surface area is 398 Å². The zero-order valence-electron chi connectivity index (χ0n) is 36.6. The van der Waals surface area contributed by atoms with Crippen molar-refractivity contribution in [2.45, 2.75) is 9.79 Å². The minimum Gasteiger partial charge on any atom is -0.497 e. The number of hydrogen-bond donors (Lipinski definition) is 4. The molecule has 356 valence electrons. The molecular formula is C44H39ClN10O12S2. The first-order valence-corrected chi connectivity index (χ1v) is 23.0. The van der Waals surface area contributed by atoms with Crippen LogP contribution in [0.3, 0.4) is 0 Å². The summed E-state index contributed by atoms with van der Waals surface area (Å²) in [4.78, 5) is 37.1. The number of methoxy groups -OCH3 is 4. The molecule has 6 aromatic carbocycles. The van der Waals surface area contributed by atoms with Gasteiger partial charge in [0.15, 0.2) is 22.6 Å². The first kappa shape index (κ1) is 49.8. The molecule has 0 amide bonds. The summed E-state index contributed by atoms with van der Waals surface area (Å²) in [7, 11) is -2.13. The molecule has 8 aromatic rings. The maximum atomic E-state index is 13.0. The Hall–Kier alpha value is -8.61. The second kappa shape index (κ2) is 21.8. The Morgan fingerprint density at radius 3 is 1.30 bits per heavy atom. The summed E-state index contributed by atoms with van der Waals surface area (Å²) >= 11 is 5.97. The van der Waals surface area contributed by atoms with Crippen LogP contribution in [0.25, 0.3) is 22.1 Å². The molecule has 0 aliphatic heterocycles. The predicted octanol–water partition coefficient (Wildman–Crippen LogP) is 8.38. The van der Waals surface area contributed by atoms with Crippen molar-refractivity contribution in [3.63, 3.8) is 0 Å². The van der Waals surface area contributed by atoms with Crippen molar-refractivity contribution in [2.75, 3.05) is 48.9 Å². The predicted molar refractivity (Wildman–Crippen MR) is 259 cm³/mol. The normalized spacial score (nSPS) is 10.9. The Morgan fingerprint density at radius 1 is 0.507 bits per heavy atom. The summed E-state index contributed by atoms with van der Waals surface area (Å²) in [5, 5.41) is 24.8. The molecule has 0 saturated heterocycles. The van der Waals surface area contributed by atoms with Crippen LogP contribution in [0.15, 0.2) is 143 Å². The van der Waals surface area contributed by atoms with E-state index in [9.17, 15) is 37.1 Å². The molecule has 8 rings (SSSR count). The quantitative estimate of drug-likeness (QED) is 0.0451. The lowest BCUT2D eigenvalue weighted by Gasteiger charge is -2.15. The second-order valence-corrected chi connectivity index (χ2v) is 17.6. The van der Waals surface area contributed by atoms with Gasteiger partial charge in [0.2, 0.25) is 0 Å². The fraction of sp³-hybridized carbons (Fsp3) is 0.0909. The molecule has 69 heavy (non-hydrogen) atoms. The van der Waals surface area contributed by atoms with E-state index in [1.165, 1.54) is 50.6 Å². The molecule has 0 radical (unpaired) electrons. The van der Waals surface area contributed by atoms with E-state index in [0.29, 0.717) is 56.4 Å². The number of nitro benzene ring substituents is 2. The highest BCUT2D eigenvalue weighted by Gasteiger charge is 2.23. The number of hydrogen-bond acceptors (Lipinski definition) is 18. The Bertz CT molecular complexity index is 3380. The molecule has 0 aliphatic rings. The summed E-state index contributed by atoms with van der Waals surface area (Å²) in [6, 6.07) is 33.4. The number of nitro groups is 2. The number of rotatable bonds is 14. The summed E-state index contributed by atoms with van der Waals surface area (Å²) in [5.41, 5.74) is 7.96. The van der Waals surface area contributed by atoms with E-state index in [-0.39, 0.29) is 43.8 Å². The number of para-hydroxylation sites is 4. The third-order valence-corrected chi connectivity index (χ3v) is 12.2. The van der Waals surface area contributed by atoms with Crippen LogP contribution in [-0.2, 0) is 20.0 Å². The van der Waals surface area contributed by atoms with Gasteiger partial charge in [0, 0.05) is 72.0 Å². The number of nitrogens with two attached hydrogens (primary N) is 1. The first-order chi connectivity index (χ1) is 32.9.